The maximum absolute atomic E-state index is 12.2. The first kappa shape index (κ1) is 17.7. The molecule has 0 spiro atoms. The van der Waals surface area contributed by atoms with Gasteiger partial charge < -0.3 is 9.15 Å². The molecule has 1 aromatic carbocycles. The first-order chi connectivity index (χ1) is 12.1. The number of hydrogen-bond donors (Lipinski definition) is 1. The maximum atomic E-state index is 12.2. The van der Waals surface area contributed by atoms with Crippen molar-refractivity contribution in [2.75, 3.05) is 11.9 Å². The van der Waals surface area contributed by atoms with E-state index in [4.69, 9.17) is 20.8 Å². The third kappa shape index (κ3) is 4.92. The highest BCUT2D eigenvalue weighted by molar-refractivity contribution is 7.15. The number of ether oxygens (including phenoxy) is 1. The van der Waals surface area contributed by atoms with Crippen LogP contribution in [0.4, 0.5) is 5.13 Å². The van der Waals surface area contributed by atoms with Gasteiger partial charge in [0, 0.05) is 29.1 Å². The summed E-state index contributed by atoms with van der Waals surface area (Å²) >= 11 is 7.32. The molecule has 2 heterocycles. The minimum absolute atomic E-state index is 0.240. The Morgan fingerprint density at radius 1 is 1.28 bits per heavy atom. The average Bonchev–Trinajstić information content (AvgIpc) is 3.24. The molecule has 7 heteroatoms. The summed E-state index contributed by atoms with van der Waals surface area (Å²) in [5.41, 5.74) is 1.14. The molecule has 25 heavy (non-hydrogen) atoms. The molecule has 0 radical (unpaired) electrons. The number of furan rings is 1. The van der Waals surface area contributed by atoms with Crippen molar-refractivity contribution >= 4 is 34.0 Å². The number of rotatable bonds is 7. The average molecular weight is 377 g/mol. The van der Waals surface area contributed by atoms with Crippen molar-refractivity contribution in [2.45, 2.75) is 20.0 Å². The summed E-state index contributed by atoms with van der Waals surface area (Å²) in [7, 11) is 0. The highest BCUT2D eigenvalue weighted by Crippen LogP contribution is 2.23. The number of halogens is 1. The summed E-state index contributed by atoms with van der Waals surface area (Å²) in [5.74, 6) is 0.536. The van der Waals surface area contributed by atoms with Gasteiger partial charge in [0.1, 0.15) is 12.4 Å². The zero-order valence-electron chi connectivity index (χ0n) is 13.6. The number of carbonyl (C=O) groups excluding carboxylic acids is 1. The van der Waals surface area contributed by atoms with E-state index < -0.39 is 0 Å². The van der Waals surface area contributed by atoms with Crippen LogP contribution in [0.25, 0.3) is 0 Å². The van der Waals surface area contributed by atoms with E-state index in [2.05, 4.69) is 10.3 Å². The topological polar surface area (TPSA) is 64.4 Å². The number of thiazole rings is 1. The third-order valence-corrected chi connectivity index (χ3v) is 4.56. The molecule has 1 amide bonds. The zero-order chi connectivity index (χ0) is 17.6. The van der Waals surface area contributed by atoms with Crippen LogP contribution in [0.2, 0.25) is 5.02 Å². The molecule has 0 fully saturated rings. The summed E-state index contributed by atoms with van der Waals surface area (Å²) in [6.07, 6.45) is 2.50. The highest BCUT2D eigenvalue weighted by atomic mass is 35.5. The summed E-state index contributed by atoms with van der Waals surface area (Å²) < 4.78 is 10.7. The number of carbonyl (C=O) groups is 1. The Kier molecular flexibility index (Phi) is 5.86. The standard InChI is InChI=1S/C18H17ClN2O3S/c1-2-23-11-14-7-8-16(24-14)17(22)21-18-20-10-15(25-18)9-12-3-5-13(19)6-4-12/h3-8,10H,2,9,11H2,1H3,(H,20,21,22). The van der Waals surface area contributed by atoms with Crippen molar-refractivity contribution in [3.8, 4) is 0 Å². The highest BCUT2D eigenvalue weighted by Gasteiger charge is 2.13. The van der Waals surface area contributed by atoms with Crippen LogP contribution in [0, 0.1) is 0 Å². The van der Waals surface area contributed by atoms with Gasteiger partial charge in [-0.15, -0.1) is 11.3 Å². The van der Waals surface area contributed by atoms with E-state index in [0.717, 1.165) is 16.9 Å². The number of benzene rings is 1. The van der Waals surface area contributed by atoms with Gasteiger partial charge in [-0.3, -0.25) is 10.1 Å². The van der Waals surface area contributed by atoms with Crippen molar-refractivity contribution < 1.29 is 13.9 Å². The van der Waals surface area contributed by atoms with Crippen LogP contribution in [0.1, 0.15) is 33.7 Å². The second-order valence-electron chi connectivity index (χ2n) is 5.29. The Morgan fingerprint density at radius 2 is 2.08 bits per heavy atom. The molecule has 1 N–H and O–H groups in total. The molecule has 3 aromatic rings. The lowest BCUT2D eigenvalue weighted by Crippen LogP contribution is -2.10. The predicted octanol–water partition coefficient (Wildman–Crippen LogP) is 4.77. The molecule has 0 aliphatic rings. The van der Waals surface area contributed by atoms with Gasteiger partial charge in [-0.1, -0.05) is 23.7 Å². The van der Waals surface area contributed by atoms with Crippen LogP contribution in [-0.2, 0) is 17.8 Å². The molecule has 0 aliphatic heterocycles. The van der Waals surface area contributed by atoms with Crippen LogP contribution in [-0.4, -0.2) is 17.5 Å². The largest absolute Gasteiger partial charge is 0.453 e. The second-order valence-corrected chi connectivity index (χ2v) is 6.84. The van der Waals surface area contributed by atoms with Crippen LogP contribution in [0.5, 0.6) is 0 Å². The molecule has 0 atom stereocenters. The van der Waals surface area contributed by atoms with Gasteiger partial charge in [-0.25, -0.2) is 4.98 Å². The molecule has 0 bridgehead atoms. The van der Waals surface area contributed by atoms with Gasteiger partial charge >= 0.3 is 0 Å². The van der Waals surface area contributed by atoms with Crippen LogP contribution >= 0.6 is 22.9 Å². The summed E-state index contributed by atoms with van der Waals surface area (Å²) in [6, 6.07) is 11.0. The Morgan fingerprint density at radius 3 is 2.84 bits per heavy atom. The first-order valence-electron chi connectivity index (χ1n) is 7.81. The molecule has 5 nitrogen and oxygen atoms in total. The van der Waals surface area contributed by atoms with Gasteiger partial charge in [0.05, 0.1) is 0 Å². The Labute approximate surface area is 154 Å². The lowest BCUT2D eigenvalue weighted by atomic mass is 10.1. The first-order valence-corrected chi connectivity index (χ1v) is 9.00. The number of nitrogens with one attached hydrogen (secondary N) is 1. The minimum Gasteiger partial charge on any atom is -0.453 e. The van der Waals surface area contributed by atoms with E-state index in [-0.39, 0.29) is 11.7 Å². The summed E-state index contributed by atoms with van der Waals surface area (Å²) in [6.45, 7) is 2.85. The maximum Gasteiger partial charge on any atom is 0.293 e. The Bertz CT molecular complexity index is 842. The van der Waals surface area contributed by atoms with Crippen molar-refractivity contribution in [3.05, 3.63) is 69.6 Å². The molecular formula is C18H17ClN2O3S. The monoisotopic (exact) mass is 376 g/mol. The lowest BCUT2D eigenvalue weighted by Gasteiger charge is -1.99. The van der Waals surface area contributed by atoms with Gasteiger partial charge in [0.25, 0.3) is 5.91 Å². The molecule has 3 rings (SSSR count). The fourth-order valence-electron chi connectivity index (χ4n) is 2.19. The Hall–Kier alpha value is -2.15. The van der Waals surface area contributed by atoms with E-state index in [1.807, 2.05) is 31.2 Å². The lowest BCUT2D eigenvalue weighted by molar-refractivity contribution is 0.0972. The summed E-state index contributed by atoms with van der Waals surface area (Å²) in [5, 5.41) is 4.01. The van der Waals surface area contributed by atoms with Gasteiger partial charge in [-0.2, -0.15) is 0 Å². The van der Waals surface area contributed by atoms with Crippen molar-refractivity contribution in [2.24, 2.45) is 0 Å². The Balaban J connectivity index is 1.59. The minimum atomic E-state index is -0.324. The number of hydrogen-bond acceptors (Lipinski definition) is 5. The van der Waals surface area contributed by atoms with E-state index in [0.29, 0.717) is 29.1 Å². The van der Waals surface area contributed by atoms with Gasteiger partial charge in [0.15, 0.2) is 10.9 Å². The molecule has 0 saturated heterocycles. The SMILES string of the molecule is CCOCc1ccc(C(=O)Nc2ncc(Cc3ccc(Cl)cc3)s2)o1. The fraction of sp³-hybridized carbons (Fsp3) is 0.222. The molecule has 0 unspecified atom stereocenters. The summed E-state index contributed by atoms with van der Waals surface area (Å²) in [4.78, 5) is 17.5. The number of nitrogens with zero attached hydrogens (tertiary/aromatic N) is 1. The number of amides is 1. The zero-order valence-corrected chi connectivity index (χ0v) is 15.2. The third-order valence-electron chi connectivity index (χ3n) is 3.40. The van der Waals surface area contributed by atoms with Crippen LogP contribution < -0.4 is 5.32 Å². The van der Waals surface area contributed by atoms with E-state index in [1.165, 1.54) is 11.3 Å². The van der Waals surface area contributed by atoms with Crippen LogP contribution in [0.3, 0.4) is 0 Å². The smallest absolute Gasteiger partial charge is 0.293 e. The molecular weight excluding hydrogens is 360 g/mol. The van der Waals surface area contributed by atoms with Gasteiger partial charge in [-0.05, 0) is 36.8 Å². The van der Waals surface area contributed by atoms with Gasteiger partial charge in [0.2, 0.25) is 0 Å². The van der Waals surface area contributed by atoms with Crippen molar-refractivity contribution in [1.29, 1.82) is 0 Å². The second kappa shape index (κ2) is 8.29. The normalized spacial score (nSPS) is 10.8. The van der Waals surface area contributed by atoms with E-state index in [1.54, 1.807) is 18.3 Å². The number of aromatic nitrogens is 1. The van der Waals surface area contributed by atoms with E-state index in [9.17, 15) is 4.79 Å². The fourth-order valence-corrected chi connectivity index (χ4v) is 3.16. The van der Waals surface area contributed by atoms with Crippen molar-refractivity contribution in [1.82, 2.24) is 4.98 Å². The van der Waals surface area contributed by atoms with Crippen LogP contribution in [0.15, 0.2) is 47.0 Å². The molecule has 130 valence electrons. The van der Waals surface area contributed by atoms with E-state index >= 15 is 0 Å². The molecule has 2 aromatic heterocycles. The number of anilines is 1. The quantitative estimate of drug-likeness (QED) is 0.645. The molecule has 0 aliphatic carbocycles. The predicted molar refractivity (Wildman–Crippen MR) is 98.4 cm³/mol. The molecule has 0 saturated carbocycles. The van der Waals surface area contributed by atoms with Crippen molar-refractivity contribution in [3.63, 3.8) is 0 Å².